The second kappa shape index (κ2) is 3.63. The van der Waals surface area contributed by atoms with Crippen LogP contribution >= 0.6 is 0 Å². The average Bonchev–Trinajstić information content (AvgIpc) is 2.40. The van der Waals surface area contributed by atoms with Gasteiger partial charge in [0.25, 0.3) is 0 Å². The van der Waals surface area contributed by atoms with E-state index in [2.05, 4.69) is 5.10 Å². The molecule has 84 valence electrons. The molecule has 0 radical (unpaired) electrons. The Morgan fingerprint density at radius 2 is 2.12 bits per heavy atom. The van der Waals surface area contributed by atoms with Gasteiger partial charge in [-0.25, -0.2) is 0 Å². The molecule has 1 heterocycles. The van der Waals surface area contributed by atoms with Crippen LogP contribution in [0.5, 0.6) is 0 Å². The lowest BCUT2D eigenvalue weighted by molar-refractivity contribution is -0.136. The van der Waals surface area contributed by atoms with E-state index in [4.69, 9.17) is 5.11 Å². The largest absolute Gasteiger partial charge is 0.481 e. The van der Waals surface area contributed by atoms with Gasteiger partial charge in [-0.3, -0.25) is 9.48 Å². The summed E-state index contributed by atoms with van der Waals surface area (Å²) in [6, 6.07) is 3.95. The van der Waals surface area contributed by atoms with Crippen LogP contribution in [-0.4, -0.2) is 20.9 Å². The molecule has 0 unspecified atom stereocenters. The van der Waals surface area contributed by atoms with Crippen molar-refractivity contribution in [2.45, 2.75) is 20.3 Å². The number of fused-ring (bicyclic) bond motifs is 1. The lowest BCUT2D eigenvalue weighted by atomic mass is 10.0. The molecule has 1 aromatic carbocycles. The Bertz CT molecular complexity index is 570. The number of carboxylic acid groups (broad SMARTS) is 1. The summed E-state index contributed by atoms with van der Waals surface area (Å²) in [7, 11) is 1.87. The molecule has 0 saturated heterocycles. The minimum atomic E-state index is -0.810. The van der Waals surface area contributed by atoms with Crippen LogP contribution in [0.15, 0.2) is 12.1 Å². The number of hydrogen-bond acceptors (Lipinski definition) is 2. The highest BCUT2D eigenvalue weighted by Crippen LogP contribution is 2.24. The van der Waals surface area contributed by atoms with Crippen molar-refractivity contribution >= 4 is 16.9 Å². The molecule has 2 rings (SSSR count). The highest BCUT2D eigenvalue weighted by Gasteiger charge is 2.12. The van der Waals surface area contributed by atoms with Crippen molar-refractivity contribution in [2.75, 3.05) is 0 Å². The van der Waals surface area contributed by atoms with Crippen molar-refractivity contribution in [3.05, 3.63) is 29.0 Å². The van der Waals surface area contributed by atoms with Crippen molar-refractivity contribution in [1.82, 2.24) is 9.78 Å². The molecule has 0 fully saturated rings. The minimum absolute atomic E-state index is 0.0463. The van der Waals surface area contributed by atoms with Crippen LogP contribution in [0.4, 0.5) is 0 Å². The second-order valence-corrected chi connectivity index (χ2v) is 4.10. The number of aromatic nitrogens is 2. The van der Waals surface area contributed by atoms with Gasteiger partial charge in [0.15, 0.2) is 0 Å². The Hall–Kier alpha value is -1.84. The summed E-state index contributed by atoms with van der Waals surface area (Å²) in [5, 5.41) is 14.2. The van der Waals surface area contributed by atoms with Crippen LogP contribution in [0.25, 0.3) is 10.9 Å². The standard InChI is InChI=1S/C12H14N2O2/c1-7-4-9(6-11(15)16)12-8(2)13-14(3)10(12)5-7/h4-5H,6H2,1-3H3,(H,15,16). The number of aliphatic carboxylic acids is 1. The first kappa shape index (κ1) is 10.7. The highest BCUT2D eigenvalue weighted by atomic mass is 16.4. The van der Waals surface area contributed by atoms with Crippen molar-refractivity contribution in [3.63, 3.8) is 0 Å². The first-order chi connectivity index (χ1) is 7.49. The Labute approximate surface area is 93.5 Å². The van der Waals surface area contributed by atoms with E-state index in [1.165, 1.54) is 0 Å². The van der Waals surface area contributed by atoms with Gasteiger partial charge in [-0.05, 0) is 31.0 Å². The highest BCUT2D eigenvalue weighted by molar-refractivity contribution is 5.89. The fraction of sp³-hybridized carbons (Fsp3) is 0.333. The van der Waals surface area contributed by atoms with Gasteiger partial charge in [-0.1, -0.05) is 6.07 Å². The summed E-state index contributed by atoms with van der Waals surface area (Å²) in [6.07, 6.45) is 0.0463. The maximum Gasteiger partial charge on any atom is 0.307 e. The molecule has 0 aliphatic carbocycles. The molecule has 0 amide bonds. The van der Waals surface area contributed by atoms with Crippen LogP contribution in [-0.2, 0) is 18.3 Å². The molecule has 1 aromatic heterocycles. The molecule has 1 N–H and O–H groups in total. The number of aryl methyl sites for hydroxylation is 3. The summed E-state index contributed by atoms with van der Waals surface area (Å²) < 4.78 is 1.79. The summed E-state index contributed by atoms with van der Waals surface area (Å²) in [4.78, 5) is 10.8. The number of carbonyl (C=O) groups is 1. The Morgan fingerprint density at radius 3 is 2.75 bits per heavy atom. The molecule has 4 heteroatoms. The molecule has 0 atom stereocenters. The Balaban J connectivity index is 2.75. The van der Waals surface area contributed by atoms with Crippen molar-refractivity contribution in [1.29, 1.82) is 0 Å². The Morgan fingerprint density at radius 1 is 1.44 bits per heavy atom. The van der Waals surface area contributed by atoms with E-state index >= 15 is 0 Å². The molecule has 16 heavy (non-hydrogen) atoms. The zero-order chi connectivity index (χ0) is 11.9. The fourth-order valence-electron chi connectivity index (χ4n) is 2.15. The third-order valence-electron chi connectivity index (χ3n) is 2.70. The predicted molar refractivity (Wildman–Crippen MR) is 61.5 cm³/mol. The van der Waals surface area contributed by atoms with Gasteiger partial charge in [-0.2, -0.15) is 5.10 Å². The summed E-state index contributed by atoms with van der Waals surface area (Å²) >= 11 is 0. The number of rotatable bonds is 2. The van der Waals surface area contributed by atoms with Crippen LogP contribution < -0.4 is 0 Å². The molecular weight excluding hydrogens is 204 g/mol. The minimum Gasteiger partial charge on any atom is -0.481 e. The number of nitrogens with zero attached hydrogens (tertiary/aromatic N) is 2. The van der Waals surface area contributed by atoms with Gasteiger partial charge in [0.2, 0.25) is 0 Å². The molecule has 0 aliphatic heterocycles. The zero-order valence-corrected chi connectivity index (χ0v) is 9.61. The van der Waals surface area contributed by atoms with E-state index in [1.807, 2.05) is 33.0 Å². The third kappa shape index (κ3) is 1.66. The van der Waals surface area contributed by atoms with Crippen molar-refractivity contribution in [3.8, 4) is 0 Å². The van der Waals surface area contributed by atoms with Gasteiger partial charge in [-0.15, -0.1) is 0 Å². The second-order valence-electron chi connectivity index (χ2n) is 4.10. The maximum absolute atomic E-state index is 10.8. The summed E-state index contributed by atoms with van der Waals surface area (Å²) in [5.74, 6) is -0.810. The van der Waals surface area contributed by atoms with Gasteiger partial charge in [0.1, 0.15) is 0 Å². The molecule has 0 spiro atoms. The molecule has 4 nitrogen and oxygen atoms in total. The topological polar surface area (TPSA) is 55.1 Å². The summed E-state index contributed by atoms with van der Waals surface area (Å²) in [6.45, 7) is 3.87. The van der Waals surface area contributed by atoms with E-state index in [9.17, 15) is 4.79 Å². The molecule has 0 saturated carbocycles. The van der Waals surface area contributed by atoms with Crippen LogP contribution in [0.1, 0.15) is 16.8 Å². The molecular formula is C12H14N2O2. The van der Waals surface area contributed by atoms with E-state index in [-0.39, 0.29) is 6.42 Å². The smallest absolute Gasteiger partial charge is 0.307 e. The van der Waals surface area contributed by atoms with Crippen LogP contribution in [0.3, 0.4) is 0 Å². The van der Waals surface area contributed by atoms with Crippen molar-refractivity contribution in [2.24, 2.45) is 7.05 Å². The fourth-order valence-corrected chi connectivity index (χ4v) is 2.15. The van der Waals surface area contributed by atoms with Gasteiger partial charge in [0.05, 0.1) is 17.6 Å². The normalized spacial score (nSPS) is 10.9. The predicted octanol–water partition coefficient (Wildman–Crippen LogP) is 1.82. The number of benzene rings is 1. The maximum atomic E-state index is 10.8. The first-order valence-electron chi connectivity index (χ1n) is 5.13. The van der Waals surface area contributed by atoms with E-state index in [1.54, 1.807) is 4.68 Å². The van der Waals surface area contributed by atoms with Gasteiger partial charge < -0.3 is 5.11 Å². The summed E-state index contributed by atoms with van der Waals surface area (Å²) in [5.41, 5.74) is 3.78. The molecule has 0 aliphatic rings. The van der Waals surface area contributed by atoms with E-state index in [0.717, 1.165) is 27.7 Å². The van der Waals surface area contributed by atoms with Crippen LogP contribution in [0.2, 0.25) is 0 Å². The average molecular weight is 218 g/mol. The molecule has 0 bridgehead atoms. The zero-order valence-electron chi connectivity index (χ0n) is 9.61. The monoisotopic (exact) mass is 218 g/mol. The van der Waals surface area contributed by atoms with E-state index < -0.39 is 5.97 Å². The molecule has 2 aromatic rings. The number of hydrogen-bond donors (Lipinski definition) is 1. The quantitative estimate of drug-likeness (QED) is 0.836. The number of carboxylic acids is 1. The van der Waals surface area contributed by atoms with Gasteiger partial charge in [0, 0.05) is 12.4 Å². The van der Waals surface area contributed by atoms with E-state index in [0.29, 0.717) is 0 Å². The third-order valence-corrected chi connectivity index (χ3v) is 2.70. The Kier molecular flexibility index (Phi) is 2.42. The van der Waals surface area contributed by atoms with Gasteiger partial charge >= 0.3 is 5.97 Å². The SMILES string of the molecule is Cc1cc(CC(=O)O)c2c(C)nn(C)c2c1. The lowest BCUT2D eigenvalue weighted by Gasteiger charge is -2.03. The lowest BCUT2D eigenvalue weighted by Crippen LogP contribution is -2.01. The first-order valence-corrected chi connectivity index (χ1v) is 5.13. The van der Waals surface area contributed by atoms with Crippen LogP contribution in [0, 0.1) is 13.8 Å². The van der Waals surface area contributed by atoms with Crippen molar-refractivity contribution < 1.29 is 9.90 Å².